The lowest BCUT2D eigenvalue weighted by Gasteiger charge is -2.16. The topological polar surface area (TPSA) is 51.5 Å². The first-order chi connectivity index (χ1) is 12.1. The van der Waals surface area contributed by atoms with Crippen molar-refractivity contribution in [2.24, 2.45) is 7.05 Å². The molecule has 3 aromatic rings. The van der Waals surface area contributed by atoms with Gasteiger partial charge in [-0.3, -0.25) is 0 Å². The number of carbonyl (C=O) groups is 1. The zero-order chi connectivity index (χ0) is 17.6. The molecule has 1 unspecified atom stereocenters. The summed E-state index contributed by atoms with van der Waals surface area (Å²) in [5, 5.41) is 12.1. The Balaban J connectivity index is 2.00. The third-order valence-corrected chi connectivity index (χ3v) is 5.22. The Hall–Kier alpha value is -2.59. The van der Waals surface area contributed by atoms with E-state index in [0.717, 1.165) is 41.3 Å². The number of nitrogens with zero attached hydrogens (tertiary/aromatic N) is 1. The molecule has 1 aliphatic carbocycles. The molecule has 0 saturated heterocycles. The summed E-state index contributed by atoms with van der Waals surface area (Å²) in [6.07, 6.45) is 2.39. The second-order valence-corrected chi connectivity index (χ2v) is 6.60. The summed E-state index contributed by atoms with van der Waals surface area (Å²) in [6, 6.07) is 13.2. The first kappa shape index (κ1) is 15.9. The molecule has 0 spiro atoms. The average molecular weight is 335 g/mol. The molecule has 1 N–H and O–H groups in total. The lowest BCUT2D eigenvalue weighted by atomic mass is 9.96. The number of benzene rings is 2. The van der Waals surface area contributed by atoms with Gasteiger partial charge >= 0.3 is 5.97 Å². The van der Waals surface area contributed by atoms with Crippen molar-refractivity contribution in [2.45, 2.75) is 25.4 Å². The van der Waals surface area contributed by atoms with Crippen molar-refractivity contribution in [1.82, 2.24) is 4.57 Å². The summed E-state index contributed by atoms with van der Waals surface area (Å²) in [7, 11) is 3.43. The van der Waals surface area contributed by atoms with Crippen molar-refractivity contribution < 1.29 is 14.6 Å². The van der Waals surface area contributed by atoms with Crippen LogP contribution < -0.4 is 0 Å². The third kappa shape index (κ3) is 2.45. The molecule has 0 fully saturated rings. The van der Waals surface area contributed by atoms with Gasteiger partial charge in [0.1, 0.15) is 6.10 Å². The molecule has 2 aromatic carbocycles. The molecule has 25 heavy (non-hydrogen) atoms. The highest BCUT2D eigenvalue weighted by molar-refractivity contribution is 5.98. The van der Waals surface area contributed by atoms with Gasteiger partial charge in [-0.15, -0.1) is 0 Å². The number of aliphatic hydroxyl groups is 1. The van der Waals surface area contributed by atoms with E-state index in [4.69, 9.17) is 4.74 Å². The Morgan fingerprint density at radius 2 is 1.96 bits per heavy atom. The van der Waals surface area contributed by atoms with E-state index < -0.39 is 6.10 Å². The number of aryl methyl sites for hydroxylation is 2. The predicted molar refractivity (Wildman–Crippen MR) is 96.8 cm³/mol. The number of hydrogen-bond acceptors (Lipinski definition) is 3. The second-order valence-electron chi connectivity index (χ2n) is 6.60. The van der Waals surface area contributed by atoms with Gasteiger partial charge in [-0.05, 0) is 42.5 Å². The Labute approximate surface area is 146 Å². The van der Waals surface area contributed by atoms with E-state index in [1.807, 2.05) is 43.4 Å². The van der Waals surface area contributed by atoms with Crippen molar-refractivity contribution in [1.29, 1.82) is 0 Å². The number of aliphatic hydroxyl groups excluding tert-OH is 1. The van der Waals surface area contributed by atoms with Crippen LogP contribution in [0.3, 0.4) is 0 Å². The molecule has 0 bridgehead atoms. The molecule has 1 atom stereocenters. The lowest BCUT2D eigenvalue weighted by Crippen LogP contribution is -2.08. The van der Waals surface area contributed by atoms with Gasteiger partial charge in [0.2, 0.25) is 0 Å². The van der Waals surface area contributed by atoms with Crippen LogP contribution in [0.4, 0.5) is 0 Å². The van der Waals surface area contributed by atoms with Crippen LogP contribution in [-0.4, -0.2) is 22.8 Å². The first-order valence-electron chi connectivity index (χ1n) is 8.57. The van der Waals surface area contributed by atoms with E-state index in [9.17, 15) is 9.90 Å². The quantitative estimate of drug-likeness (QED) is 0.745. The number of hydrogen-bond donors (Lipinski definition) is 1. The summed E-state index contributed by atoms with van der Waals surface area (Å²) in [6.45, 7) is 0. The average Bonchev–Trinajstić information content (AvgIpc) is 3.24. The van der Waals surface area contributed by atoms with Gasteiger partial charge in [-0.2, -0.15) is 0 Å². The minimum Gasteiger partial charge on any atom is -0.465 e. The Bertz CT molecular complexity index is 956. The van der Waals surface area contributed by atoms with E-state index in [2.05, 4.69) is 4.57 Å². The SMILES string of the molecule is COC(=O)c1cc(C(O)c2ccccc2)c2c(c1)c1c(n2C)CCC1. The predicted octanol–water partition coefficient (Wildman–Crippen LogP) is 3.54. The van der Waals surface area contributed by atoms with Crippen LogP contribution in [0.25, 0.3) is 10.9 Å². The monoisotopic (exact) mass is 335 g/mol. The van der Waals surface area contributed by atoms with Gasteiger partial charge in [-0.1, -0.05) is 30.3 Å². The van der Waals surface area contributed by atoms with Gasteiger partial charge in [0.05, 0.1) is 18.2 Å². The Morgan fingerprint density at radius 3 is 2.68 bits per heavy atom. The number of rotatable bonds is 3. The zero-order valence-electron chi connectivity index (χ0n) is 14.5. The number of methoxy groups -OCH3 is 1. The van der Waals surface area contributed by atoms with E-state index in [1.54, 1.807) is 6.07 Å². The van der Waals surface area contributed by atoms with Gasteiger partial charge < -0.3 is 14.4 Å². The van der Waals surface area contributed by atoms with Crippen molar-refractivity contribution in [3.63, 3.8) is 0 Å². The molecule has 4 rings (SSSR count). The number of ether oxygens (including phenoxy) is 1. The number of aromatic nitrogens is 1. The minimum absolute atomic E-state index is 0.376. The fourth-order valence-electron chi connectivity index (χ4n) is 4.04. The molecular formula is C21H21NO3. The van der Waals surface area contributed by atoms with Gasteiger partial charge in [0.15, 0.2) is 0 Å². The molecule has 1 heterocycles. The standard InChI is InChI=1S/C21H21NO3/c1-22-18-10-6-9-15(18)16-11-14(21(24)25-2)12-17(19(16)22)20(23)13-7-4-3-5-8-13/h3-5,7-8,11-12,20,23H,6,9-10H2,1-2H3. The highest BCUT2D eigenvalue weighted by Crippen LogP contribution is 2.38. The van der Waals surface area contributed by atoms with E-state index in [1.165, 1.54) is 18.4 Å². The van der Waals surface area contributed by atoms with Crippen molar-refractivity contribution in [3.8, 4) is 0 Å². The largest absolute Gasteiger partial charge is 0.465 e. The highest BCUT2D eigenvalue weighted by Gasteiger charge is 2.26. The van der Waals surface area contributed by atoms with E-state index in [0.29, 0.717) is 5.56 Å². The van der Waals surface area contributed by atoms with Crippen LogP contribution in [0.15, 0.2) is 42.5 Å². The Kier molecular flexibility index (Phi) is 3.85. The molecule has 4 nitrogen and oxygen atoms in total. The first-order valence-corrected chi connectivity index (χ1v) is 8.57. The summed E-state index contributed by atoms with van der Waals surface area (Å²) in [5.74, 6) is -0.376. The molecular weight excluding hydrogens is 314 g/mol. The molecule has 1 aliphatic rings. The van der Waals surface area contributed by atoms with Crippen LogP contribution in [0.5, 0.6) is 0 Å². The maximum atomic E-state index is 12.2. The molecule has 128 valence electrons. The lowest BCUT2D eigenvalue weighted by molar-refractivity contribution is 0.0600. The summed E-state index contributed by atoms with van der Waals surface area (Å²) < 4.78 is 7.11. The van der Waals surface area contributed by atoms with Crippen LogP contribution in [0.2, 0.25) is 0 Å². The molecule has 0 saturated carbocycles. The molecule has 0 amide bonds. The fraction of sp³-hybridized carbons (Fsp3) is 0.286. The van der Waals surface area contributed by atoms with Crippen molar-refractivity contribution >= 4 is 16.9 Å². The number of carbonyl (C=O) groups excluding carboxylic acids is 1. The van der Waals surface area contributed by atoms with Crippen LogP contribution in [0, 0.1) is 0 Å². The van der Waals surface area contributed by atoms with Crippen molar-refractivity contribution in [2.75, 3.05) is 7.11 Å². The Morgan fingerprint density at radius 1 is 1.20 bits per heavy atom. The molecule has 0 radical (unpaired) electrons. The van der Waals surface area contributed by atoms with Gasteiger partial charge in [0.25, 0.3) is 0 Å². The highest BCUT2D eigenvalue weighted by atomic mass is 16.5. The number of esters is 1. The summed E-state index contributed by atoms with van der Waals surface area (Å²) in [5.41, 5.74) is 5.66. The van der Waals surface area contributed by atoms with Crippen molar-refractivity contribution in [3.05, 3.63) is 70.4 Å². The van der Waals surface area contributed by atoms with E-state index >= 15 is 0 Å². The zero-order valence-corrected chi connectivity index (χ0v) is 14.5. The van der Waals surface area contributed by atoms with Crippen LogP contribution in [0.1, 0.15) is 45.3 Å². The second kappa shape index (κ2) is 6.05. The van der Waals surface area contributed by atoms with E-state index in [-0.39, 0.29) is 5.97 Å². The van der Waals surface area contributed by atoms with Crippen LogP contribution >= 0.6 is 0 Å². The third-order valence-electron chi connectivity index (χ3n) is 5.22. The normalized spacial score (nSPS) is 14.5. The molecule has 4 heteroatoms. The number of fused-ring (bicyclic) bond motifs is 3. The maximum absolute atomic E-state index is 12.2. The summed E-state index contributed by atoms with van der Waals surface area (Å²) >= 11 is 0. The smallest absolute Gasteiger partial charge is 0.337 e. The summed E-state index contributed by atoms with van der Waals surface area (Å²) in [4.78, 5) is 12.2. The molecule has 1 aromatic heterocycles. The van der Waals surface area contributed by atoms with Gasteiger partial charge in [-0.25, -0.2) is 4.79 Å². The maximum Gasteiger partial charge on any atom is 0.337 e. The van der Waals surface area contributed by atoms with Crippen LogP contribution in [-0.2, 0) is 24.6 Å². The molecule has 0 aliphatic heterocycles. The van der Waals surface area contributed by atoms with Gasteiger partial charge in [0, 0.05) is 23.7 Å². The minimum atomic E-state index is -0.790. The fourth-order valence-corrected chi connectivity index (χ4v) is 4.04.